The van der Waals surface area contributed by atoms with Crippen LogP contribution in [0, 0.1) is 6.92 Å². The smallest absolute Gasteiger partial charge is 0.258 e. The Hall–Kier alpha value is -1.83. The lowest BCUT2D eigenvalue weighted by atomic mass is 10.1. The fourth-order valence-corrected chi connectivity index (χ4v) is 6.57. The molecule has 5 nitrogen and oxygen atoms in total. The molecular weight excluding hydrogens is 404 g/mol. The average molecular weight is 431 g/mol. The van der Waals surface area contributed by atoms with Gasteiger partial charge in [-0.05, 0) is 56.0 Å². The van der Waals surface area contributed by atoms with Crippen molar-refractivity contribution < 1.29 is 13.2 Å². The molecule has 1 amide bonds. The van der Waals surface area contributed by atoms with E-state index in [9.17, 15) is 13.2 Å². The van der Waals surface area contributed by atoms with Crippen LogP contribution in [0.4, 0.5) is 5.69 Å². The lowest BCUT2D eigenvalue weighted by Gasteiger charge is -2.24. The molecule has 1 unspecified atom stereocenters. The van der Waals surface area contributed by atoms with Gasteiger partial charge in [-0.1, -0.05) is 25.1 Å². The van der Waals surface area contributed by atoms with E-state index in [-0.39, 0.29) is 10.8 Å². The SMILES string of the molecule is Cc1ccc(S(=O)(=O)N2CCCC2)cc1C(=O)N1CCC(C)Sc2ccccc21. The zero-order valence-corrected chi connectivity index (χ0v) is 18.4. The second-order valence-corrected chi connectivity index (χ2v) is 11.1. The van der Waals surface area contributed by atoms with Crippen molar-refractivity contribution in [3.63, 3.8) is 0 Å². The highest BCUT2D eigenvalue weighted by Crippen LogP contribution is 2.38. The molecule has 0 radical (unpaired) electrons. The fourth-order valence-electron chi connectivity index (χ4n) is 3.91. The largest absolute Gasteiger partial charge is 0.307 e. The number of para-hydroxylation sites is 1. The van der Waals surface area contributed by atoms with Crippen LogP contribution in [-0.2, 0) is 10.0 Å². The Morgan fingerprint density at radius 3 is 2.55 bits per heavy atom. The van der Waals surface area contributed by atoms with Gasteiger partial charge in [0.05, 0.1) is 10.6 Å². The Morgan fingerprint density at radius 1 is 1.07 bits per heavy atom. The number of rotatable bonds is 3. The van der Waals surface area contributed by atoms with Gasteiger partial charge in [-0.15, -0.1) is 11.8 Å². The quantitative estimate of drug-likeness (QED) is 0.728. The number of carbonyl (C=O) groups excluding carboxylic acids is 1. The maximum Gasteiger partial charge on any atom is 0.258 e. The van der Waals surface area contributed by atoms with Gasteiger partial charge in [0.25, 0.3) is 5.91 Å². The van der Waals surface area contributed by atoms with Crippen molar-refractivity contribution in [3.8, 4) is 0 Å². The molecule has 2 heterocycles. The summed E-state index contributed by atoms with van der Waals surface area (Å²) in [7, 11) is -3.56. The zero-order valence-electron chi connectivity index (χ0n) is 16.8. The highest BCUT2D eigenvalue weighted by Gasteiger charge is 2.30. The molecule has 2 aromatic carbocycles. The number of sulfonamides is 1. The molecule has 0 aliphatic carbocycles. The molecule has 7 heteroatoms. The first kappa shape index (κ1) is 20.4. The van der Waals surface area contributed by atoms with E-state index in [0.29, 0.717) is 30.4 Å². The van der Waals surface area contributed by atoms with Crippen molar-refractivity contribution in [2.45, 2.75) is 48.2 Å². The molecule has 0 bridgehead atoms. The van der Waals surface area contributed by atoms with Gasteiger partial charge in [0.1, 0.15) is 0 Å². The van der Waals surface area contributed by atoms with Gasteiger partial charge in [0, 0.05) is 35.3 Å². The van der Waals surface area contributed by atoms with Crippen molar-refractivity contribution in [3.05, 3.63) is 53.6 Å². The zero-order chi connectivity index (χ0) is 20.6. The number of carbonyl (C=O) groups is 1. The molecule has 154 valence electrons. The van der Waals surface area contributed by atoms with Crippen LogP contribution < -0.4 is 4.90 Å². The van der Waals surface area contributed by atoms with E-state index < -0.39 is 10.0 Å². The minimum absolute atomic E-state index is 0.136. The third-order valence-corrected chi connectivity index (χ3v) is 8.76. The minimum Gasteiger partial charge on any atom is -0.307 e. The molecule has 1 atom stereocenters. The van der Waals surface area contributed by atoms with Crippen LogP contribution in [0.1, 0.15) is 42.1 Å². The van der Waals surface area contributed by atoms with Gasteiger partial charge in [-0.3, -0.25) is 4.79 Å². The van der Waals surface area contributed by atoms with Crippen molar-refractivity contribution in [2.24, 2.45) is 0 Å². The van der Waals surface area contributed by atoms with E-state index in [4.69, 9.17) is 0 Å². The van der Waals surface area contributed by atoms with E-state index in [1.54, 1.807) is 34.9 Å². The highest BCUT2D eigenvalue weighted by atomic mass is 32.2. The Morgan fingerprint density at radius 2 is 1.79 bits per heavy atom. The lowest BCUT2D eigenvalue weighted by Crippen LogP contribution is -2.33. The minimum atomic E-state index is -3.56. The van der Waals surface area contributed by atoms with Crippen molar-refractivity contribution in [1.29, 1.82) is 0 Å². The summed E-state index contributed by atoms with van der Waals surface area (Å²) in [6.45, 7) is 5.75. The standard InChI is InChI=1S/C22H26N2O3S2/c1-16-9-10-18(29(26,27)23-12-5-6-13-23)15-19(16)22(25)24-14-11-17(2)28-21-8-4-3-7-20(21)24/h3-4,7-10,15,17H,5-6,11-14H2,1-2H3. The first-order chi connectivity index (χ1) is 13.9. The molecule has 2 aromatic rings. The van der Waals surface area contributed by atoms with Gasteiger partial charge >= 0.3 is 0 Å². The summed E-state index contributed by atoms with van der Waals surface area (Å²) in [5.41, 5.74) is 2.15. The van der Waals surface area contributed by atoms with Crippen molar-refractivity contribution in [2.75, 3.05) is 24.5 Å². The molecular formula is C22H26N2O3S2. The van der Waals surface area contributed by atoms with Crippen LogP contribution in [0.2, 0.25) is 0 Å². The van der Waals surface area contributed by atoms with E-state index in [1.807, 2.05) is 31.2 Å². The second kappa shape index (κ2) is 8.13. The van der Waals surface area contributed by atoms with Crippen LogP contribution in [0.5, 0.6) is 0 Å². The Bertz CT molecular complexity index is 1030. The summed E-state index contributed by atoms with van der Waals surface area (Å²) < 4.78 is 27.5. The Labute approximate surface area is 177 Å². The summed E-state index contributed by atoms with van der Waals surface area (Å²) >= 11 is 1.78. The van der Waals surface area contributed by atoms with Crippen LogP contribution in [-0.4, -0.2) is 43.5 Å². The number of thioether (sulfide) groups is 1. The maximum absolute atomic E-state index is 13.6. The number of amides is 1. The first-order valence-electron chi connectivity index (χ1n) is 10.1. The van der Waals surface area contributed by atoms with Gasteiger partial charge in [-0.2, -0.15) is 4.31 Å². The molecule has 0 spiro atoms. The average Bonchev–Trinajstić information content (AvgIpc) is 3.19. The summed E-state index contributed by atoms with van der Waals surface area (Å²) in [5, 5.41) is 0.414. The predicted molar refractivity (Wildman–Crippen MR) is 117 cm³/mol. The molecule has 0 N–H and O–H groups in total. The highest BCUT2D eigenvalue weighted by molar-refractivity contribution is 8.00. The summed E-state index contributed by atoms with van der Waals surface area (Å²) in [5.74, 6) is -0.136. The van der Waals surface area contributed by atoms with Crippen LogP contribution in [0.25, 0.3) is 0 Å². The van der Waals surface area contributed by atoms with Crippen molar-refractivity contribution in [1.82, 2.24) is 4.31 Å². The first-order valence-corrected chi connectivity index (χ1v) is 12.4. The number of fused-ring (bicyclic) bond motifs is 1. The topological polar surface area (TPSA) is 57.7 Å². The normalized spacial score (nSPS) is 20.3. The third-order valence-electron chi connectivity index (χ3n) is 5.63. The molecule has 0 saturated carbocycles. The molecule has 2 aliphatic rings. The van der Waals surface area contributed by atoms with E-state index in [1.165, 1.54) is 4.31 Å². The number of aryl methyl sites for hydroxylation is 1. The number of anilines is 1. The van der Waals surface area contributed by atoms with E-state index in [0.717, 1.165) is 35.4 Å². The summed E-state index contributed by atoms with van der Waals surface area (Å²) in [6, 6.07) is 12.9. The van der Waals surface area contributed by atoms with E-state index >= 15 is 0 Å². The number of nitrogens with zero attached hydrogens (tertiary/aromatic N) is 2. The monoisotopic (exact) mass is 430 g/mol. The summed E-state index contributed by atoms with van der Waals surface area (Å²) in [4.78, 5) is 16.7. The molecule has 29 heavy (non-hydrogen) atoms. The van der Waals surface area contributed by atoms with Gasteiger partial charge < -0.3 is 4.90 Å². The lowest BCUT2D eigenvalue weighted by molar-refractivity contribution is 0.0985. The molecule has 0 aromatic heterocycles. The molecule has 1 fully saturated rings. The van der Waals surface area contributed by atoms with Gasteiger partial charge in [-0.25, -0.2) is 8.42 Å². The maximum atomic E-state index is 13.6. The molecule has 2 aliphatic heterocycles. The number of hydrogen-bond acceptors (Lipinski definition) is 4. The number of benzene rings is 2. The summed E-state index contributed by atoms with van der Waals surface area (Å²) in [6.07, 6.45) is 2.66. The Kier molecular flexibility index (Phi) is 5.73. The predicted octanol–water partition coefficient (Wildman–Crippen LogP) is 4.31. The van der Waals surface area contributed by atoms with Gasteiger partial charge in [0.2, 0.25) is 10.0 Å². The van der Waals surface area contributed by atoms with Crippen LogP contribution in [0.15, 0.2) is 52.3 Å². The van der Waals surface area contributed by atoms with E-state index in [2.05, 4.69) is 6.92 Å². The fraction of sp³-hybridized carbons (Fsp3) is 0.409. The Balaban J connectivity index is 1.72. The van der Waals surface area contributed by atoms with Crippen molar-refractivity contribution >= 4 is 33.4 Å². The second-order valence-electron chi connectivity index (χ2n) is 7.73. The van der Waals surface area contributed by atoms with Crippen LogP contribution >= 0.6 is 11.8 Å². The molecule has 1 saturated heterocycles. The van der Waals surface area contributed by atoms with Crippen LogP contribution in [0.3, 0.4) is 0 Å². The molecule has 4 rings (SSSR count). The third kappa shape index (κ3) is 3.96. The van der Waals surface area contributed by atoms with Gasteiger partial charge in [0.15, 0.2) is 0 Å². The number of hydrogen-bond donors (Lipinski definition) is 0.